The van der Waals surface area contributed by atoms with E-state index < -0.39 is 224 Å². The molecule has 4 aliphatic heterocycles. The number of aromatic hydroxyl groups is 1. The van der Waals surface area contributed by atoms with Crippen molar-refractivity contribution in [1.82, 2.24) is 97.6 Å². The molecule has 3 saturated heterocycles. The number of ether oxygens (including phenoxy) is 1. The number of aromatic nitrogens is 4. The summed E-state index contributed by atoms with van der Waals surface area (Å²) in [7, 11) is 2.77. The molecule has 4 aliphatic rings. The molecule has 17 amide bonds. The Balaban J connectivity index is 0.851. The van der Waals surface area contributed by atoms with Crippen LogP contribution in [0.2, 0.25) is 0 Å². The first-order chi connectivity index (χ1) is 63.6. The lowest BCUT2D eigenvalue weighted by Gasteiger charge is -2.37. The Hall–Kier alpha value is -13.3. The summed E-state index contributed by atoms with van der Waals surface area (Å²) >= 11 is 4.05. The maximum Gasteiger partial charge on any atom is 0.246 e. The highest BCUT2D eigenvalue weighted by molar-refractivity contribution is 7.81. The molecule has 15 atom stereocenters. The standard InChI is InChI=1S/C90H121N21O21S/c1-7-59(78(119)96-43-75(92)116)100-77(118)50(4)98-82(123)69-23-12-10-8-9-11-13-24-71(90(131)107(69)5)108(6)86(127)66(36-53-41-95-61-22-17-15-20-58(53)61)104-81(122)68(45-112)106-79(120)62(35-52-40-94-60-21-16-14-19-57(52)60)101-84(125)72-38-56(114)44-111(72)89(130)64(33-49(2)3)103-80(121)63(37-54-42-93-48-97-54)102-83(124)70-25-18-30-109(70)88(129)67(39-74(91)115)105-85(126)73-46-132-32-31-110(73)87(128)65(99-76(117)47-133)34-51-26-28-55(113)29-27-51/h8-9,14-17,19-22,26-29,40-42,48-50,56,59,62-73,94-95,112-114,133H,7,10-13,18,23-25,30-39,43-47H2,1-6H3,(H2,91,115)(H2,92,116)(H,93,97)(H,96,119)(H,98,123)(H,99,117)(H,100,118)(H,101,125)(H,102,124)(H,103,121)(H,104,122)(H,105,126)(H,106,120)/b9-8-/t50-,56-,59-,62-,63+,64+,65+,66+,67+,68+,69+,70+,71+,72+,73+/m1/s1. The molecular weight excluding hydrogens is 1740 g/mol. The molecule has 10 rings (SSSR count). The number of phenolic OH excluding ortho intramolecular Hbond substituents is 1. The van der Waals surface area contributed by atoms with Gasteiger partial charge in [0, 0.05) is 112 Å². The van der Waals surface area contributed by atoms with Crippen LogP contribution >= 0.6 is 12.6 Å². The number of rotatable bonds is 40. The van der Waals surface area contributed by atoms with E-state index in [9.17, 15) is 63.3 Å². The number of benzene rings is 3. The number of allylic oxidation sites excluding steroid dienone is 2. The van der Waals surface area contributed by atoms with E-state index in [1.165, 1.54) is 60.4 Å². The monoisotopic (exact) mass is 1860 g/mol. The SMILES string of the molecule is CC[C@@H](NC(=O)[C@@H](C)NC(=O)[C@@H]1CCC/C=C\CCC[C@H](N(C)C(=O)[C@H](Cc2c[nH]c3ccccc23)NC(=O)[C@H](CO)NC(=O)[C@@H](Cc2c[nH]c3ccccc23)NC(=O)[C@@H]2C[C@@H](O)CN2C(=O)[C@H](CC(C)C)NC(=O)[C@H](Cc2cnc[nH]2)NC(=O)[C@@H]2CCCN2C(=O)[C@H](CC(N)=O)NC(=O)[C@@H]2COCCN2C(=O)[C@H](Cc2ccc(O)cc2)NC(=O)CS)C(=O)N1C)C(=O)NCC(N)=O. The number of β-amino-alcohol motifs (C(OH)–C–C–N with tert-alkyl or cyclic N) is 1. The van der Waals surface area contributed by atoms with Gasteiger partial charge in [0.05, 0.1) is 51.0 Å². The van der Waals surface area contributed by atoms with Crippen LogP contribution in [-0.2, 0) is 112 Å². The zero-order chi connectivity index (χ0) is 96.4. The summed E-state index contributed by atoms with van der Waals surface area (Å²) in [4.78, 5) is 262. The number of likely N-dealkylation sites (N-methyl/N-ethyl adjacent to an activating group) is 2. The van der Waals surface area contributed by atoms with Gasteiger partial charge in [-0.05, 0) is 118 Å². The topological polar surface area (TPSA) is 609 Å². The van der Waals surface area contributed by atoms with E-state index >= 15 is 33.6 Å². The van der Waals surface area contributed by atoms with Crippen LogP contribution in [0.4, 0.5) is 0 Å². The first kappa shape index (κ1) is 102. The number of hydrogen-bond acceptors (Lipinski definition) is 23. The van der Waals surface area contributed by atoms with Gasteiger partial charge in [-0.15, -0.1) is 0 Å². The Labute approximate surface area is 772 Å². The van der Waals surface area contributed by atoms with Crippen LogP contribution in [-0.4, -0.2) is 317 Å². The molecular formula is C90H121N21O21S. The number of nitrogens with two attached hydrogens (primary N) is 2. The summed E-state index contributed by atoms with van der Waals surface area (Å²) in [6, 6.07) is -0.153. The van der Waals surface area contributed by atoms with Gasteiger partial charge >= 0.3 is 0 Å². The van der Waals surface area contributed by atoms with Crippen LogP contribution in [0.15, 0.2) is 110 Å². The van der Waals surface area contributed by atoms with Crippen molar-refractivity contribution in [2.24, 2.45) is 17.4 Å². The Morgan fingerprint density at radius 2 is 1.13 bits per heavy atom. The van der Waals surface area contributed by atoms with Crippen molar-refractivity contribution in [2.75, 3.05) is 65.8 Å². The van der Waals surface area contributed by atoms with E-state index in [0.717, 1.165) is 9.80 Å². The molecule has 0 aliphatic carbocycles. The molecule has 718 valence electrons. The van der Waals surface area contributed by atoms with E-state index in [2.05, 4.69) is 85.7 Å². The number of amides is 17. The molecule has 133 heavy (non-hydrogen) atoms. The Kier molecular flexibility index (Phi) is 36.9. The third kappa shape index (κ3) is 27.4. The second-order valence-corrected chi connectivity index (χ2v) is 34.6. The van der Waals surface area contributed by atoms with Crippen molar-refractivity contribution in [2.45, 2.75) is 221 Å². The molecule has 0 saturated carbocycles. The molecule has 7 heterocycles. The lowest BCUT2D eigenvalue weighted by atomic mass is 9.99. The average molecular weight is 1870 g/mol. The van der Waals surface area contributed by atoms with Gasteiger partial charge < -0.3 is 124 Å². The maximum absolute atomic E-state index is 15.5. The number of fused-ring (bicyclic) bond motifs is 2. The lowest BCUT2D eigenvalue weighted by Crippen LogP contribution is -2.63. The molecule has 43 heteroatoms. The number of H-pyrrole nitrogens is 3. The number of nitrogens with zero attached hydrogens (tertiary/aromatic N) is 6. The van der Waals surface area contributed by atoms with E-state index in [4.69, 9.17) is 16.2 Å². The van der Waals surface area contributed by atoms with Gasteiger partial charge in [-0.3, -0.25) is 81.5 Å². The number of para-hydroxylation sites is 2. The average Bonchev–Trinajstić information content (AvgIpc) is 1.76. The van der Waals surface area contributed by atoms with Gasteiger partial charge in [0.25, 0.3) is 0 Å². The first-order valence-corrected chi connectivity index (χ1v) is 45.2. The normalized spacial score (nSPS) is 20.0. The second-order valence-electron chi connectivity index (χ2n) is 34.3. The van der Waals surface area contributed by atoms with Crippen LogP contribution in [0.1, 0.15) is 127 Å². The van der Waals surface area contributed by atoms with Crippen molar-refractivity contribution < 1.29 is 102 Å². The highest BCUT2D eigenvalue weighted by Gasteiger charge is 2.47. The third-order valence-corrected chi connectivity index (χ3v) is 24.4. The molecule has 3 aromatic carbocycles. The van der Waals surface area contributed by atoms with Gasteiger partial charge in [0.2, 0.25) is 100 Å². The Bertz CT molecular complexity index is 5200. The van der Waals surface area contributed by atoms with Crippen LogP contribution in [0.3, 0.4) is 0 Å². The maximum atomic E-state index is 15.5. The minimum absolute atomic E-state index is 0.0133. The van der Waals surface area contributed by atoms with Crippen molar-refractivity contribution in [3.63, 3.8) is 0 Å². The molecule has 0 bridgehead atoms. The number of phenols is 1. The van der Waals surface area contributed by atoms with Gasteiger partial charge in [0.15, 0.2) is 0 Å². The summed E-state index contributed by atoms with van der Waals surface area (Å²) in [5.41, 5.74) is 14.1. The molecule has 0 spiro atoms. The van der Waals surface area contributed by atoms with Crippen molar-refractivity contribution in [3.05, 3.63) is 132 Å². The van der Waals surface area contributed by atoms with Crippen molar-refractivity contribution in [1.29, 1.82) is 0 Å². The van der Waals surface area contributed by atoms with E-state index in [1.807, 2.05) is 12.2 Å². The lowest BCUT2D eigenvalue weighted by molar-refractivity contribution is -0.152. The van der Waals surface area contributed by atoms with Crippen molar-refractivity contribution >= 4 is 135 Å². The van der Waals surface area contributed by atoms with Crippen LogP contribution in [0.25, 0.3) is 21.8 Å². The van der Waals surface area contributed by atoms with Gasteiger partial charge in [-0.25, -0.2) is 4.98 Å². The second kappa shape index (κ2) is 48.2. The summed E-state index contributed by atoms with van der Waals surface area (Å²) in [6.45, 7) is 3.87. The molecule has 0 unspecified atom stereocenters. The molecule has 3 fully saturated rings. The minimum Gasteiger partial charge on any atom is -0.508 e. The number of imidazole rings is 1. The molecule has 6 aromatic rings. The fraction of sp³-hybridized carbons (Fsp3) is 0.511. The number of hydrogen-bond donors (Lipinski definition) is 19. The highest BCUT2D eigenvalue weighted by Crippen LogP contribution is 2.28. The fourth-order valence-electron chi connectivity index (χ4n) is 17.0. The number of carbonyl (C=O) groups excluding carboxylic acids is 17. The first-order valence-electron chi connectivity index (χ1n) is 44.6. The number of likely N-dealkylation sites (tertiary alicyclic amines) is 2. The zero-order valence-electron chi connectivity index (χ0n) is 75.1. The van der Waals surface area contributed by atoms with E-state index in [0.29, 0.717) is 69.9 Å². The van der Waals surface area contributed by atoms with Crippen molar-refractivity contribution in [3.8, 4) is 5.75 Å². The summed E-state index contributed by atoms with van der Waals surface area (Å²) < 4.78 is 5.63. The van der Waals surface area contributed by atoms with Crippen LogP contribution in [0.5, 0.6) is 5.75 Å². The number of thiol groups is 1. The van der Waals surface area contributed by atoms with Gasteiger partial charge in [0.1, 0.15) is 90.3 Å². The number of aliphatic hydroxyl groups excluding tert-OH is 2. The van der Waals surface area contributed by atoms with E-state index in [1.54, 1.807) is 93.8 Å². The van der Waals surface area contributed by atoms with E-state index in [-0.39, 0.29) is 108 Å². The highest BCUT2D eigenvalue weighted by atomic mass is 32.1. The fourth-order valence-corrected chi connectivity index (χ4v) is 17.1. The van der Waals surface area contributed by atoms with Gasteiger partial charge in [-0.2, -0.15) is 12.6 Å². The molecule has 3 aromatic heterocycles. The third-order valence-electron chi connectivity index (χ3n) is 24.1. The van der Waals surface area contributed by atoms with Crippen LogP contribution < -0.4 is 64.6 Å². The summed E-state index contributed by atoms with van der Waals surface area (Å²) in [5, 5.41) is 60.2. The number of nitrogens with one attached hydrogen (secondary N) is 13. The number of aromatic amines is 3. The number of aliphatic hydroxyl groups is 2. The summed E-state index contributed by atoms with van der Waals surface area (Å²) in [6.07, 6.45) is 8.64. The number of morpholine rings is 1. The van der Waals surface area contributed by atoms with Gasteiger partial charge in [-0.1, -0.05) is 81.5 Å². The predicted molar refractivity (Wildman–Crippen MR) is 485 cm³/mol. The number of primary amides is 2. The largest absolute Gasteiger partial charge is 0.508 e. The Morgan fingerprint density at radius 3 is 1.74 bits per heavy atom. The van der Waals surface area contributed by atoms with Crippen LogP contribution in [0, 0.1) is 5.92 Å². The molecule has 0 radical (unpaired) electrons. The predicted octanol–water partition coefficient (Wildman–Crippen LogP) is -2.67. The number of carbonyl (C=O) groups is 17. The summed E-state index contributed by atoms with van der Waals surface area (Å²) in [5.74, 6) is -15.1. The smallest absolute Gasteiger partial charge is 0.246 e. The zero-order valence-corrected chi connectivity index (χ0v) is 76.0. The quantitative estimate of drug-likeness (QED) is 0.0138. The Morgan fingerprint density at radius 1 is 0.579 bits per heavy atom. The molecule has 42 nitrogen and oxygen atoms in total. The molecule has 20 N–H and O–H groups in total. The minimum atomic E-state index is -1.87.